The average Bonchev–Trinajstić information content (AvgIpc) is 2.29. The molecule has 0 unspecified atom stereocenters. The summed E-state index contributed by atoms with van der Waals surface area (Å²) in [5, 5.41) is 1.18. The van der Waals surface area contributed by atoms with Crippen LogP contribution >= 0.6 is 11.8 Å². The summed E-state index contributed by atoms with van der Waals surface area (Å²) in [5.74, 6) is 0. The topological polar surface area (TPSA) is 12.9 Å². The van der Waals surface area contributed by atoms with Gasteiger partial charge in [0.2, 0.25) is 0 Å². The summed E-state index contributed by atoms with van der Waals surface area (Å²) < 4.78 is 0. The minimum absolute atomic E-state index is 1.14. The van der Waals surface area contributed by atoms with E-state index in [0.717, 1.165) is 6.42 Å². The van der Waals surface area contributed by atoms with Crippen LogP contribution in [0.25, 0.3) is 0 Å². The van der Waals surface area contributed by atoms with E-state index >= 15 is 0 Å². The Hall–Kier alpha value is -1.28. The fourth-order valence-electron chi connectivity index (χ4n) is 2.09. The normalized spacial score (nSPS) is 14.5. The quantitative estimate of drug-likeness (QED) is 0.680. The summed E-state index contributed by atoms with van der Waals surface area (Å²) in [4.78, 5) is 5.85. The Bertz CT molecular complexity index is 462. The number of hydrogen-bond donors (Lipinski definition) is 0. The molecule has 0 N–H and O–H groups in total. The maximum Gasteiger partial charge on any atom is 0.104 e. The highest BCUT2D eigenvalue weighted by Gasteiger charge is 2.12. The van der Waals surface area contributed by atoms with E-state index in [9.17, 15) is 0 Å². The molecule has 1 aliphatic heterocycles. The molecule has 2 heteroatoms. The van der Waals surface area contributed by atoms with E-state index < -0.39 is 0 Å². The lowest BCUT2D eigenvalue weighted by atomic mass is 10.0. The molecule has 0 fully saturated rings. The van der Waals surface area contributed by atoms with Crippen LogP contribution in [0.3, 0.4) is 0 Å². The molecule has 0 spiro atoms. The van der Waals surface area contributed by atoms with E-state index in [0.29, 0.717) is 0 Å². The van der Waals surface area contributed by atoms with Crippen LogP contribution in [0.2, 0.25) is 0 Å². The van der Waals surface area contributed by atoms with Gasteiger partial charge in [0.1, 0.15) is 5.03 Å². The van der Waals surface area contributed by atoms with Gasteiger partial charge in [-0.05, 0) is 42.5 Å². The largest absolute Gasteiger partial charge is 0.249 e. The van der Waals surface area contributed by atoms with Gasteiger partial charge < -0.3 is 0 Å². The van der Waals surface area contributed by atoms with Crippen LogP contribution in [0, 0.1) is 0 Å². The Morgan fingerprint density at radius 1 is 0.938 bits per heavy atom. The SMILES string of the molecule is c1ccc2c(c1)CCCc1cccnc1S2. The number of rotatable bonds is 0. The molecule has 16 heavy (non-hydrogen) atoms. The minimum Gasteiger partial charge on any atom is -0.249 e. The average molecular weight is 227 g/mol. The standard InChI is InChI=1S/C14H13NS/c1-2-9-13-11(5-1)6-3-7-12-8-4-10-15-14(12)16-13/h1-2,4-5,8-10H,3,6-7H2. The van der Waals surface area contributed by atoms with Crippen LogP contribution < -0.4 is 0 Å². The van der Waals surface area contributed by atoms with Gasteiger partial charge in [0.25, 0.3) is 0 Å². The van der Waals surface area contributed by atoms with Crippen molar-refractivity contribution in [3.63, 3.8) is 0 Å². The maximum atomic E-state index is 4.48. The molecule has 1 aliphatic rings. The van der Waals surface area contributed by atoms with Gasteiger partial charge in [-0.3, -0.25) is 0 Å². The number of aromatic nitrogens is 1. The third-order valence-electron chi connectivity index (χ3n) is 2.92. The first-order valence-corrected chi connectivity index (χ1v) is 6.45. The molecule has 0 saturated carbocycles. The molecule has 2 aromatic rings. The number of benzene rings is 1. The number of fused-ring (bicyclic) bond motifs is 2. The zero-order valence-corrected chi connectivity index (χ0v) is 9.83. The van der Waals surface area contributed by atoms with E-state index in [4.69, 9.17) is 0 Å². The van der Waals surface area contributed by atoms with Gasteiger partial charge in [-0.15, -0.1) is 0 Å². The monoisotopic (exact) mass is 227 g/mol. The summed E-state index contributed by atoms with van der Waals surface area (Å²) in [6, 6.07) is 12.9. The molecular formula is C14H13NS. The molecule has 80 valence electrons. The molecule has 1 nitrogen and oxygen atoms in total. The van der Waals surface area contributed by atoms with Crippen LogP contribution in [0.1, 0.15) is 17.5 Å². The highest BCUT2D eigenvalue weighted by Crippen LogP contribution is 2.34. The van der Waals surface area contributed by atoms with Crippen LogP contribution in [0.15, 0.2) is 52.5 Å². The Morgan fingerprint density at radius 2 is 1.75 bits per heavy atom. The molecule has 0 aliphatic carbocycles. The second kappa shape index (κ2) is 4.30. The smallest absolute Gasteiger partial charge is 0.104 e. The van der Waals surface area contributed by atoms with E-state index in [1.165, 1.54) is 33.9 Å². The van der Waals surface area contributed by atoms with Crippen molar-refractivity contribution in [1.82, 2.24) is 4.98 Å². The van der Waals surface area contributed by atoms with Gasteiger partial charge in [0.05, 0.1) is 0 Å². The molecule has 0 saturated heterocycles. The summed E-state index contributed by atoms with van der Waals surface area (Å²) in [7, 11) is 0. The van der Waals surface area contributed by atoms with Crippen molar-refractivity contribution in [1.29, 1.82) is 0 Å². The lowest BCUT2D eigenvalue weighted by Crippen LogP contribution is -1.99. The molecule has 0 atom stereocenters. The Morgan fingerprint density at radius 3 is 2.75 bits per heavy atom. The van der Waals surface area contributed by atoms with Gasteiger partial charge in [0, 0.05) is 11.1 Å². The van der Waals surface area contributed by atoms with E-state index in [-0.39, 0.29) is 0 Å². The zero-order chi connectivity index (χ0) is 10.8. The summed E-state index contributed by atoms with van der Waals surface area (Å²) in [5.41, 5.74) is 2.85. The number of pyridine rings is 1. The van der Waals surface area contributed by atoms with Gasteiger partial charge in [-0.1, -0.05) is 36.0 Å². The van der Waals surface area contributed by atoms with E-state index in [1.807, 2.05) is 12.3 Å². The first-order chi connectivity index (χ1) is 7.93. The van der Waals surface area contributed by atoms with Gasteiger partial charge >= 0.3 is 0 Å². The van der Waals surface area contributed by atoms with Crippen LogP contribution in [0.5, 0.6) is 0 Å². The fraction of sp³-hybridized carbons (Fsp3) is 0.214. The Labute approximate surface area is 99.9 Å². The van der Waals surface area contributed by atoms with Crippen LogP contribution in [-0.4, -0.2) is 4.98 Å². The molecule has 0 bridgehead atoms. The third-order valence-corrected chi connectivity index (χ3v) is 4.10. The predicted octanol–water partition coefficient (Wildman–Crippen LogP) is 3.72. The molecule has 1 aromatic carbocycles. The van der Waals surface area contributed by atoms with Gasteiger partial charge in [-0.2, -0.15) is 0 Å². The number of aryl methyl sites for hydroxylation is 2. The minimum atomic E-state index is 1.14. The molecule has 3 rings (SSSR count). The lowest BCUT2D eigenvalue weighted by molar-refractivity contribution is 0.780. The van der Waals surface area contributed by atoms with Gasteiger partial charge in [-0.25, -0.2) is 4.98 Å². The molecular weight excluding hydrogens is 214 g/mol. The molecule has 2 heterocycles. The first kappa shape index (κ1) is 9.91. The predicted molar refractivity (Wildman–Crippen MR) is 66.8 cm³/mol. The second-order valence-corrected chi connectivity index (χ2v) is 5.06. The second-order valence-electron chi connectivity index (χ2n) is 4.03. The third kappa shape index (κ3) is 1.85. The number of nitrogens with zero attached hydrogens (tertiary/aromatic N) is 1. The first-order valence-electron chi connectivity index (χ1n) is 5.63. The van der Waals surface area contributed by atoms with Crippen molar-refractivity contribution in [3.8, 4) is 0 Å². The van der Waals surface area contributed by atoms with Crippen molar-refractivity contribution in [2.24, 2.45) is 0 Å². The van der Waals surface area contributed by atoms with E-state index in [2.05, 4.69) is 35.3 Å². The molecule has 0 amide bonds. The van der Waals surface area contributed by atoms with Crippen molar-refractivity contribution < 1.29 is 0 Å². The van der Waals surface area contributed by atoms with Crippen LogP contribution in [-0.2, 0) is 12.8 Å². The Kier molecular flexibility index (Phi) is 2.66. The summed E-state index contributed by atoms with van der Waals surface area (Å²) in [6.07, 6.45) is 5.42. The highest BCUT2D eigenvalue weighted by molar-refractivity contribution is 7.99. The highest BCUT2D eigenvalue weighted by atomic mass is 32.2. The lowest BCUT2D eigenvalue weighted by Gasteiger charge is -2.14. The summed E-state index contributed by atoms with van der Waals surface area (Å²) >= 11 is 1.81. The maximum absolute atomic E-state index is 4.48. The molecule has 0 radical (unpaired) electrons. The molecule has 1 aromatic heterocycles. The van der Waals surface area contributed by atoms with Gasteiger partial charge in [0.15, 0.2) is 0 Å². The van der Waals surface area contributed by atoms with E-state index in [1.54, 1.807) is 11.8 Å². The van der Waals surface area contributed by atoms with Crippen molar-refractivity contribution in [3.05, 3.63) is 53.7 Å². The van der Waals surface area contributed by atoms with Crippen molar-refractivity contribution >= 4 is 11.8 Å². The van der Waals surface area contributed by atoms with Crippen molar-refractivity contribution in [2.45, 2.75) is 29.2 Å². The van der Waals surface area contributed by atoms with Crippen LogP contribution in [0.4, 0.5) is 0 Å². The zero-order valence-electron chi connectivity index (χ0n) is 9.02. The van der Waals surface area contributed by atoms with Crippen molar-refractivity contribution in [2.75, 3.05) is 0 Å². The number of hydrogen-bond acceptors (Lipinski definition) is 2. The Balaban J connectivity index is 2.06. The summed E-state index contributed by atoms with van der Waals surface area (Å²) in [6.45, 7) is 0. The fourth-order valence-corrected chi connectivity index (χ4v) is 3.16.